The fourth-order valence-electron chi connectivity index (χ4n) is 2.46. The number of rotatable bonds is 5. The molecule has 0 heterocycles. The normalized spacial score (nSPS) is 11.9. The van der Waals surface area contributed by atoms with E-state index in [-0.39, 0.29) is 11.8 Å². The number of carbonyl (C=O) groups is 2. The Morgan fingerprint density at radius 3 is 2.24 bits per heavy atom. The van der Waals surface area contributed by atoms with E-state index < -0.39 is 17.8 Å². The molecule has 2 rings (SSSR count). The average molecular weight is 342 g/mol. The standard InChI is InChI=1S/C20H23FN2O2/c1-12(2)18(23-19(24)15-8-10-16(21)11-9-15)20(25)22-17-7-5-6-13(3)14(17)4/h5-12,18H,1-4H3,(H,22,25)(H,23,24)/t18-/m0/s1. The number of anilines is 1. The van der Waals surface area contributed by atoms with E-state index in [0.29, 0.717) is 5.56 Å². The van der Waals surface area contributed by atoms with E-state index in [1.807, 2.05) is 45.9 Å². The van der Waals surface area contributed by atoms with Crippen LogP contribution in [0.15, 0.2) is 42.5 Å². The van der Waals surface area contributed by atoms with Crippen molar-refractivity contribution in [1.82, 2.24) is 5.32 Å². The highest BCUT2D eigenvalue weighted by Crippen LogP contribution is 2.19. The van der Waals surface area contributed by atoms with Gasteiger partial charge in [0.25, 0.3) is 5.91 Å². The molecule has 0 bridgehead atoms. The lowest BCUT2D eigenvalue weighted by molar-refractivity contribution is -0.118. The van der Waals surface area contributed by atoms with E-state index in [1.54, 1.807) is 0 Å². The Hall–Kier alpha value is -2.69. The monoisotopic (exact) mass is 342 g/mol. The molecule has 1 atom stereocenters. The topological polar surface area (TPSA) is 58.2 Å². The number of nitrogens with one attached hydrogen (secondary N) is 2. The highest BCUT2D eigenvalue weighted by Gasteiger charge is 2.25. The number of hydrogen-bond donors (Lipinski definition) is 2. The molecule has 0 fully saturated rings. The van der Waals surface area contributed by atoms with Gasteiger partial charge in [-0.2, -0.15) is 0 Å². The lowest BCUT2D eigenvalue weighted by atomic mass is 10.0. The van der Waals surface area contributed by atoms with Gasteiger partial charge in [-0.1, -0.05) is 26.0 Å². The summed E-state index contributed by atoms with van der Waals surface area (Å²) in [6, 6.07) is 10.2. The Kier molecular flexibility index (Phi) is 5.91. The van der Waals surface area contributed by atoms with Crippen LogP contribution in [0.5, 0.6) is 0 Å². The predicted molar refractivity (Wildman–Crippen MR) is 97.0 cm³/mol. The van der Waals surface area contributed by atoms with Crippen LogP contribution < -0.4 is 10.6 Å². The molecule has 0 aliphatic rings. The Balaban J connectivity index is 2.14. The molecule has 2 aromatic rings. The zero-order chi connectivity index (χ0) is 18.6. The number of carbonyl (C=O) groups excluding carboxylic acids is 2. The molecule has 2 N–H and O–H groups in total. The third-order valence-electron chi connectivity index (χ3n) is 4.20. The molecule has 2 aromatic carbocycles. The second kappa shape index (κ2) is 7.92. The Labute approximate surface area is 147 Å². The van der Waals surface area contributed by atoms with Crippen molar-refractivity contribution in [3.63, 3.8) is 0 Å². The van der Waals surface area contributed by atoms with Gasteiger partial charge in [-0.05, 0) is 61.2 Å². The third-order valence-corrected chi connectivity index (χ3v) is 4.20. The number of hydrogen-bond acceptors (Lipinski definition) is 2. The summed E-state index contributed by atoms with van der Waals surface area (Å²) >= 11 is 0. The van der Waals surface area contributed by atoms with Gasteiger partial charge in [-0.15, -0.1) is 0 Å². The van der Waals surface area contributed by atoms with Crippen LogP contribution in [0.4, 0.5) is 10.1 Å². The lowest BCUT2D eigenvalue weighted by Gasteiger charge is -2.22. The molecule has 2 amide bonds. The minimum absolute atomic E-state index is 0.102. The maximum atomic E-state index is 13.0. The molecular formula is C20H23FN2O2. The second-order valence-electron chi connectivity index (χ2n) is 6.44. The SMILES string of the molecule is Cc1cccc(NC(=O)[C@@H](NC(=O)c2ccc(F)cc2)C(C)C)c1C. The quantitative estimate of drug-likeness (QED) is 0.867. The van der Waals surface area contributed by atoms with Gasteiger partial charge in [0.05, 0.1) is 0 Å². The molecule has 132 valence electrons. The third kappa shape index (κ3) is 4.66. The van der Waals surface area contributed by atoms with Crippen LogP contribution in [0.25, 0.3) is 0 Å². The largest absolute Gasteiger partial charge is 0.340 e. The Morgan fingerprint density at radius 1 is 1.00 bits per heavy atom. The van der Waals surface area contributed by atoms with Crippen molar-refractivity contribution >= 4 is 17.5 Å². The minimum atomic E-state index is -0.697. The first-order valence-corrected chi connectivity index (χ1v) is 8.23. The Morgan fingerprint density at radius 2 is 1.64 bits per heavy atom. The summed E-state index contributed by atoms with van der Waals surface area (Å²) in [6.45, 7) is 7.63. The van der Waals surface area contributed by atoms with Crippen LogP contribution in [0.2, 0.25) is 0 Å². The average Bonchev–Trinajstić information content (AvgIpc) is 2.56. The lowest BCUT2D eigenvalue weighted by Crippen LogP contribution is -2.47. The van der Waals surface area contributed by atoms with Crippen LogP contribution in [-0.4, -0.2) is 17.9 Å². The van der Waals surface area contributed by atoms with E-state index in [2.05, 4.69) is 10.6 Å². The first kappa shape index (κ1) is 18.6. The van der Waals surface area contributed by atoms with Crippen LogP contribution in [-0.2, 0) is 4.79 Å². The van der Waals surface area contributed by atoms with Crippen LogP contribution >= 0.6 is 0 Å². The molecule has 0 saturated heterocycles. The first-order valence-electron chi connectivity index (χ1n) is 8.23. The summed E-state index contributed by atoms with van der Waals surface area (Å²) in [5, 5.41) is 5.62. The molecule has 5 heteroatoms. The van der Waals surface area contributed by atoms with Gasteiger partial charge in [0.15, 0.2) is 0 Å². The summed E-state index contributed by atoms with van der Waals surface area (Å²) in [4.78, 5) is 25.0. The van der Waals surface area contributed by atoms with Crippen molar-refractivity contribution in [1.29, 1.82) is 0 Å². The number of benzene rings is 2. The number of aryl methyl sites for hydroxylation is 1. The number of halogens is 1. The van der Waals surface area contributed by atoms with E-state index >= 15 is 0 Å². The molecule has 0 spiro atoms. The van der Waals surface area contributed by atoms with Gasteiger partial charge >= 0.3 is 0 Å². The van der Waals surface area contributed by atoms with E-state index in [9.17, 15) is 14.0 Å². The zero-order valence-electron chi connectivity index (χ0n) is 14.9. The van der Waals surface area contributed by atoms with Crippen LogP contribution in [0.1, 0.15) is 35.3 Å². The molecule has 25 heavy (non-hydrogen) atoms. The van der Waals surface area contributed by atoms with Gasteiger partial charge in [-0.25, -0.2) is 4.39 Å². The summed E-state index contributed by atoms with van der Waals surface area (Å²) in [7, 11) is 0. The highest BCUT2D eigenvalue weighted by atomic mass is 19.1. The fourth-order valence-corrected chi connectivity index (χ4v) is 2.46. The molecular weight excluding hydrogens is 319 g/mol. The van der Waals surface area contributed by atoms with Crippen molar-refractivity contribution in [3.05, 3.63) is 65.0 Å². The summed E-state index contributed by atoms with van der Waals surface area (Å²) < 4.78 is 13.0. The van der Waals surface area contributed by atoms with Crippen LogP contribution in [0, 0.1) is 25.6 Å². The first-order chi connectivity index (χ1) is 11.8. The maximum absolute atomic E-state index is 13.0. The van der Waals surface area contributed by atoms with Crippen molar-refractivity contribution in [2.24, 2.45) is 5.92 Å². The smallest absolute Gasteiger partial charge is 0.251 e. The molecule has 0 aromatic heterocycles. The van der Waals surface area contributed by atoms with Gasteiger partial charge in [0.2, 0.25) is 5.91 Å². The molecule has 0 unspecified atom stereocenters. The molecule has 0 aliphatic heterocycles. The van der Waals surface area contributed by atoms with Gasteiger partial charge in [-0.3, -0.25) is 9.59 Å². The van der Waals surface area contributed by atoms with Crippen molar-refractivity contribution in [3.8, 4) is 0 Å². The molecule has 4 nitrogen and oxygen atoms in total. The van der Waals surface area contributed by atoms with Crippen molar-refractivity contribution < 1.29 is 14.0 Å². The minimum Gasteiger partial charge on any atom is -0.340 e. The summed E-state index contributed by atoms with van der Waals surface area (Å²) in [6.07, 6.45) is 0. The van der Waals surface area contributed by atoms with Gasteiger partial charge in [0, 0.05) is 11.3 Å². The fraction of sp³-hybridized carbons (Fsp3) is 0.300. The predicted octanol–water partition coefficient (Wildman–Crippen LogP) is 3.84. The molecule has 0 aliphatic carbocycles. The number of amides is 2. The van der Waals surface area contributed by atoms with E-state index in [4.69, 9.17) is 0 Å². The zero-order valence-corrected chi connectivity index (χ0v) is 14.9. The Bertz CT molecular complexity index is 770. The van der Waals surface area contributed by atoms with Crippen LogP contribution in [0.3, 0.4) is 0 Å². The summed E-state index contributed by atoms with van der Waals surface area (Å²) in [5.41, 5.74) is 3.11. The summed E-state index contributed by atoms with van der Waals surface area (Å²) in [5.74, 6) is -1.20. The maximum Gasteiger partial charge on any atom is 0.251 e. The highest BCUT2D eigenvalue weighted by molar-refractivity contribution is 6.01. The van der Waals surface area contributed by atoms with Crippen molar-refractivity contribution in [2.75, 3.05) is 5.32 Å². The van der Waals surface area contributed by atoms with E-state index in [0.717, 1.165) is 16.8 Å². The van der Waals surface area contributed by atoms with Crippen molar-refractivity contribution in [2.45, 2.75) is 33.7 Å². The van der Waals surface area contributed by atoms with E-state index in [1.165, 1.54) is 24.3 Å². The molecule has 0 radical (unpaired) electrons. The molecule has 0 saturated carbocycles. The second-order valence-corrected chi connectivity index (χ2v) is 6.44. The van der Waals surface area contributed by atoms with Gasteiger partial charge in [0.1, 0.15) is 11.9 Å². The van der Waals surface area contributed by atoms with Gasteiger partial charge < -0.3 is 10.6 Å².